The fourth-order valence-electron chi connectivity index (χ4n) is 6.00. The smallest absolute Gasteiger partial charge is 0.259 e. The van der Waals surface area contributed by atoms with Gasteiger partial charge in [0.15, 0.2) is 0 Å². The lowest BCUT2D eigenvalue weighted by Gasteiger charge is -2.27. The minimum atomic E-state index is -1.25. The third kappa shape index (κ3) is 4.41. The molecule has 0 radical (unpaired) electrons. The number of carbonyl (C=O) groups is 4. The number of anilines is 4. The summed E-state index contributed by atoms with van der Waals surface area (Å²) in [6.07, 6.45) is 0. The van der Waals surface area contributed by atoms with E-state index in [0.717, 1.165) is 0 Å². The fraction of sp³-hybridized carbons (Fsp3) is 0.176. The second kappa shape index (κ2) is 11.0. The number of hydrazine groups is 2. The molecule has 0 unspecified atom stereocenters. The van der Waals surface area contributed by atoms with E-state index in [-0.39, 0.29) is 5.92 Å². The monoisotopic (exact) mass is 558 g/mol. The van der Waals surface area contributed by atoms with Crippen molar-refractivity contribution in [1.82, 2.24) is 0 Å². The normalized spacial score (nSPS) is 16.6. The van der Waals surface area contributed by atoms with Crippen molar-refractivity contribution < 1.29 is 19.2 Å². The van der Waals surface area contributed by atoms with Crippen LogP contribution in [0.2, 0.25) is 0 Å². The molecule has 2 aliphatic heterocycles. The molecular weight excluding hydrogens is 528 g/mol. The van der Waals surface area contributed by atoms with Gasteiger partial charge in [-0.15, -0.1) is 0 Å². The molecule has 0 bridgehead atoms. The molecule has 210 valence electrons. The van der Waals surface area contributed by atoms with Crippen LogP contribution in [0.1, 0.15) is 13.8 Å². The Morgan fingerprint density at radius 1 is 0.405 bits per heavy atom. The van der Waals surface area contributed by atoms with Gasteiger partial charge in [0, 0.05) is 5.92 Å². The first kappa shape index (κ1) is 27.0. The summed E-state index contributed by atoms with van der Waals surface area (Å²) >= 11 is 0. The summed E-state index contributed by atoms with van der Waals surface area (Å²) in [7, 11) is 0. The zero-order valence-corrected chi connectivity index (χ0v) is 23.3. The van der Waals surface area contributed by atoms with Gasteiger partial charge in [-0.3, -0.25) is 19.2 Å². The van der Waals surface area contributed by atoms with E-state index in [4.69, 9.17) is 0 Å². The van der Waals surface area contributed by atoms with Crippen molar-refractivity contribution >= 4 is 46.4 Å². The summed E-state index contributed by atoms with van der Waals surface area (Å²) in [6, 6.07) is 35.8. The molecule has 8 heteroatoms. The largest absolute Gasteiger partial charge is 0.272 e. The molecule has 0 saturated carbocycles. The number of hydrogen-bond donors (Lipinski definition) is 0. The van der Waals surface area contributed by atoms with Crippen LogP contribution in [0.3, 0.4) is 0 Å². The average molecular weight is 559 g/mol. The molecule has 2 heterocycles. The van der Waals surface area contributed by atoms with E-state index in [2.05, 4.69) is 0 Å². The zero-order chi connectivity index (χ0) is 29.4. The van der Waals surface area contributed by atoms with E-state index in [1.807, 2.05) is 38.1 Å². The lowest BCUT2D eigenvalue weighted by Crippen LogP contribution is -2.42. The van der Waals surface area contributed by atoms with Gasteiger partial charge in [-0.1, -0.05) is 86.6 Å². The Hall–Kier alpha value is -5.24. The van der Waals surface area contributed by atoms with E-state index in [9.17, 15) is 19.2 Å². The summed E-state index contributed by atoms with van der Waals surface area (Å²) in [5.74, 6) is -5.66. The van der Waals surface area contributed by atoms with Gasteiger partial charge in [-0.2, -0.15) is 0 Å². The maximum atomic E-state index is 14.3. The predicted molar refractivity (Wildman–Crippen MR) is 161 cm³/mol. The summed E-state index contributed by atoms with van der Waals surface area (Å²) < 4.78 is 0. The highest BCUT2D eigenvalue weighted by Gasteiger charge is 2.60. The van der Waals surface area contributed by atoms with E-state index < -0.39 is 41.4 Å². The number of amides is 4. The molecule has 2 fully saturated rings. The first-order chi connectivity index (χ1) is 20.4. The van der Waals surface area contributed by atoms with Crippen LogP contribution in [0.4, 0.5) is 22.7 Å². The lowest BCUT2D eigenvalue weighted by molar-refractivity contribution is -0.136. The van der Waals surface area contributed by atoms with Crippen molar-refractivity contribution in [1.29, 1.82) is 0 Å². The van der Waals surface area contributed by atoms with Crippen molar-refractivity contribution in [2.75, 3.05) is 20.0 Å². The number of carbonyl (C=O) groups excluding carboxylic acids is 4. The third-order valence-electron chi connectivity index (χ3n) is 7.84. The molecular formula is C34H30N4O4. The summed E-state index contributed by atoms with van der Waals surface area (Å²) in [6.45, 7) is 3.70. The Kier molecular flexibility index (Phi) is 7.04. The number of rotatable bonds is 7. The van der Waals surface area contributed by atoms with Gasteiger partial charge in [-0.05, 0) is 54.4 Å². The first-order valence-corrected chi connectivity index (χ1v) is 14.0. The van der Waals surface area contributed by atoms with Crippen LogP contribution < -0.4 is 20.0 Å². The topological polar surface area (TPSA) is 81.2 Å². The Morgan fingerprint density at radius 3 is 0.810 bits per heavy atom. The van der Waals surface area contributed by atoms with Crippen molar-refractivity contribution in [2.45, 2.75) is 13.8 Å². The summed E-state index contributed by atoms with van der Waals surface area (Å²) in [4.78, 5) is 57.3. The van der Waals surface area contributed by atoms with E-state index >= 15 is 0 Å². The molecule has 6 rings (SSSR count). The minimum absolute atomic E-state index is 0.359. The number of para-hydroxylation sites is 4. The Morgan fingerprint density at radius 2 is 0.619 bits per heavy atom. The summed E-state index contributed by atoms with van der Waals surface area (Å²) in [5.41, 5.74) is 2.08. The molecule has 4 aromatic rings. The fourth-order valence-corrected chi connectivity index (χ4v) is 6.00. The number of nitrogens with zero attached hydrogens (tertiary/aromatic N) is 4. The van der Waals surface area contributed by atoms with Gasteiger partial charge in [0.2, 0.25) is 0 Å². The van der Waals surface area contributed by atoms with Gasteiger partial charge < -0.3 is 0 Å². The van der Waals surface area contributed by atoms with Crippen molar-refractivity contribution in [3.63, 3.8) is 0 Å². The third-order valence-corrected chi connectivity index (χ3v) is 7.84. The standard InChI is InChI=1S/C34H30N4O4/c1-23(2)28(29-31(39)35(24-15-7-3-8-16-24)36(32(29)40)25-17-9-4-10-18-25)30-33(41)37(26-19-11-5-12-20-26)38(34(30)42)27-21-13-6-14-22-27/h3-23,28-30H,1-2H3. The molecule has 0 spiro atoms. The van der Waals surface area contributed by atoms with Crippen molar-refractivity contribution in [3.8, 4) is 0 Å². The van der Waals surface area contributed by atoms with Gasteiger partial charge >= 0.3 is 0 Å². The van der Waals surface area contributed by atoms with Crippen LogP contribution in [0.25, 0.3) is 0 Å². The van der Waals surface area contributed by atoms with Crippen molar-refractivity contribution in [3.05, 3.63) is 121 Å². The van der Waals surface area contributed by atoms with E-state index in [1.165, 1.54) is 20.0 Å². The van der Waals surface area contributed by atoms with Crippen LogP contribution in [-0.4, -0.2) is 23.6 Å². The summed E-state index contributed by atoms with van der Waals surface area (Å²) in [5, 5.41) is 5.47. The second-order valence-electron chi connectivity index (χ2n) is 10.7. The Bertz CT molecular complexity index is 1380. The van der Waals surface area contributed by atoms with Crippen LogP contribution in [-0.2, 0) is 19.2 Å². The molecule has 0 N–H and O–H groups in total. The molecule has 4 aromatic carbocycles. The van der Waals surface area contributed by atoms with Gasteiger partial charge in [0.1, 0.15) is 11.8 Å². The Balaban J connectivity index is 1.47. The molecule has 8 nitrogen and oxygen atoms in total. The quantitative estimate of drug-likeness (QED) is 0.281. The number of hydrogen-bond acceptors (Lipinski definition) is 4. The second-order valence-corrected chi connectivity index (χ2v) is 10.7. The molecule has 2 aliphatic rings. The number of benzene rings is 4. The molecule has 0 aromatic heterocycles. The SMILES string of the molecule is CC(C)C(C1C(=O)N(c2ccccc2)N(c2ccccc2)C1=O)C1C(=O)N(c2ccccc2)N(c2ccccc2)C1=O. The molecule has 0 aliphatic carbocycles. The minimum Gasteiger partial charge on any atom is -0.272 e. The van der Waals surface area contributed by atoms with Crippen LogP contribution in [0.15, 0.2) is 121 Å². The van der Waals surface area contributed by atoms with Crippen LogP contribution >= 0.6 is 0 Å². The predicted octanol–water partition coefficient (Wildman–Crippen LogP) is 5.48. The van der Waals surface area contributed by atoms with Gasteiger partial charge in [-0.25, -0.2) is 20.0 Å². The van der Waals surface area contributed by atoms with E-state index in [0.29, 0.717) is 22.7 Å². The highest BCUT2D eigenvalue weighted by molar-refractivity contribution is 6.26. The molecule has 2 saturated heterocycles. The molecule has 42 heavy (non-hydrogen) atoms. The highest BCUT2D eigenvalue weighted by atomic mass is 16.2. The molecule has 4 amide bonds. The Labute approximate surface area is 244 Å². The van der Waals surface area contributed by atoms with Crippen LogP contribution in [0, 0.1) is 23.7 Å². The highest BCUT2D eigenvalue weighted by Crippen LogP contribution is 2.44. The maximum absolute atomic E-state index is 14.3. The zero-order valence-electron chi connectivity index (χ0n) is 23.3. The maximum Gasteiger partial charge on any atom is 0.259 e. The van der Waals surface area contributed by atoms with E-state index in [1.54, 1.807) is 97.1 Å². The average Bonchev–Trinajstić information content (AvgIpc) is 3.43. The van der Waals surface area contributed by atoms with Gasteiger partial charge in [0.05, 0.1) is 22.7 Å². The molecule has 0 atom stereocenters. The van der Waals surface area contributed by atoms with Crippen molar-refractivity contribution in [2.24, 2.45) is 23.7 Å². The van der Waals surface area contributed by atoms with Crippen LogP contribution in [0.5, 0.6) is 0 Å². The van der Waals surface area contributed by atoms with Gasteiger partial charge in [0.25, 0.3) is 23.6 Å². The lowest BCUT2D eigenvalue weighted by atomic mass is 9.73. The first-order valence-electron chi connectivity index (χ1n) is 14.0.